The number of aliphatic hydroxyl groups is 1. The molecule has 0 spiro atoms. The van der Waals surface area contributed by atoms with E-state index in [1.807, 2.05) is 4.57 Å². The van der Waals surface area contributed by atoms with Crippen LogP contribution in [0.3, 0.4) is 0 Å². The van der Waals surface area contributed by atoms with Crippen LogP contribution in [0.5, 0.6) is 0 Å². The molecule has 1 saturated heterocycles. The predicted molar refractivity (Wildman–Crippen MR) is 66.1 cm³/mol. The van der Waals surface area contributed by atoms with Crippen molar-refractivity contribution in [1.82, 2.24) is 9.55 Å². The molecule has 0 saturated carbocycles. The van der Waals surface area contributed by atoms with E-state index in [9.17, 15) is 9.50 Å². The molecule has 0 bridgehead atoms. The Morgan fingerprint density at radius 3 is 3.05 bits per heavy atom. The summed E-state index contributed by atoms with van der Waals surface area (Å²) < 4.78 is 20.8. The highest BCUT2D eigenvalue weighted by Crippen LogP contribution is 2.45. The van der Waals surface area contributed by atoms with E-state index in [1.165, 1.54) is 12.1 Å². The molecule has 0 radical (unpaired) electrons. The first-order valence-electron chi connectivity index (χ1n) is 6.33. The summed E-state index contributed by atoms with van der Waals surface area (Å²) in [5.74, 6) is -0.268. The number of imidazole rings is 1. The Hall–Kier alpha value is -1.72. The number of nitrogens with zero attached hydrogens (tertiary/aromatic N) is 2. The van der Waals surface area contributed by atoms with Crippen molar-refractivity contribution < 1.29 is 14.2 Å². The van der Waals surface area contributed by atoms with Crippen molar-refractivity contribution in [2.45, 2.75) is 12.1 Å². The minimum absolute atomic E-state index is 0.0142. The number of benzene rings is 1. The Kier molecular flexibility index (Phi) is 2.28. The number of ether oxygens (including phenoxy) is 1. The molecule has 4 rings (SSSR count). The summed E-state index contributed by atoms with van der Waals surface area (Å²) in [6.07, 6.45) is 2.99. The van der Waals surface area contributed by atoms with Gasteiger partial charge in [0, 0.05) is 11.5 Å². The second-order valence-corrected chi connectivity index (χ2v) is 5.13. The molecule has 19 heavy (non-hydrogen) atoms. The molecule has 1 aromatic heterocycles. The molecule has 2 aliphatic rings. The standard InChI is InChI=1S/C14H13FN2O2/c15-8-1-2-9-10(3-8)12-4-16-7-17(12)14(9)11-5-19-6-13(11)18/h1-4,7,11,13-14,18H,5-6H2/t11-,13-,14+/m0/s1. The Balaban J connectivity index is 1.89. The lowest BCUT2D eigenvalue weighted by molar-refractivity contribution is 0.111. The van der Waals surface area contributed by atoms with Crippen LogP contribution in [0.4, 0.5) is 4.39 Å². The van der Waals surface area contributed by atoms with Gasteiger partial charge in [0.2, 0.25) is 0 Å². The van der Waals surface area contributed by atoms with Crippen molar-refractivity contribution in [2.24, 2.45) is 5.92 Å². The van der Waals surface area contributed by atoms with Gasteiger partial charge in [0.15, 0.2) is 0 Å². The zero-order valence-corrected chi connectivity index (χ0v) is 10.2. The molecule has 1 fully saturated rings. The fraction of sp³-hybridized carbons (Fsp3) is 0.357. The number of rotatable bonds is 1. The smallest absolute Gasteiger partial charge is 0.123 e. The average molecular weight is 260 g/mol. The third kappa shape index (κ3) is 1.49. The van der Waals surface area contributed by atoms with E-state index in [0.717, 1.165) is 16.8 Å². The maximum absolute atomic E-state index is 13.4. The molecule has 4 nitrogen and oxygen atoms in total. The van der Waals surface area contributed by atoms with Crippen LogP contribution in [-0.4, -0.2) is 34.0 Å². The summed E-state index contributed by atoms with van der Waals surface area (Å²) >= 11 is 0. The van der Waals surface area contributed by atoms with E-state index in [1.54, 1.807) is 18.6 Å². The van der Waals surface area contributed by atoms with Crippen LogP contribution >= 0.6 is 0 Å². The van der Waals surface area contributed by atoms with Crippen molar-refractivity contribution in [2.75, 3.05) is 13.2 Å². The zero-order valence-electron chi connectivity index (χ0n) is 10.2. The first-order chi connectivity index (χ1) is 9.25. The molecule has 1 N–H and O–H groups in total. The maximum atomic E-state index is 13.4. The maximum Gasteiger partial charge on any atom is 0.123 e. The third-order valence-corrected chi connectivity index (χ3v) is 4.07. The van der Waals surface area contributed by atoms with Crippen LogP contribution in [0.2, 0.25) is 0 Å². The molecule has 2 aliphatic heterocycles. The van der Waals surface area contributed by atoms with E-state index >= 15 is 0 Å². The fourth-order valence-electron chi connectivity index (χ4n) is 3.19. The Morgan fingerprint density at radius 2 is 2.26 bits per heavy atom. The van der Waals surface area contributed by atoms with Gasteiger partial charge in [-0.1, -0.05) is 6.07 Å². The van der Waals surface area contributed by atoms with E-state index in [0.29, 0.717) is 13.2 Å². The summed E-state index contributed by atoms with van der Waals surface area (Å²) in [5, 5.41) is 10.1. The molecular weight excluding hydrogens is 247 g/mol. The van der Waals surface area contributed by atoms with Crippen LogP contribution in [0.25, 0.3) is 11.3 Å². The molecule has 5 heteroatoms. The summed E-state index contributed by atoms with van der Waals surface area (Å²) in [6, 6.07) is 4.78. The monoisotopic (exact) mass is 260 g/mol. The molecule has 0 unspecified atom stereocenters. The van der Waals surface area contributed by atoms with E-state index < -0.39 is 6.10 Å². The van der Waals surface area contributed by atoms with Crippen molar-refractivity contribution in [3.05, 3.63) is 42.1 Å². The van der Waals surface area contributed by atoms with Gasteiger partial charge in [0.05, 0.1) is 43.6 Å². The van der Waals surface area contributed by atoms with Gasteiger partial charge in [0.25, 0.3) is 0 Å². The van der Waals surface area contributed by atoms with Crippen molar-refractivity contribution in [3.8, 4) is 11.3 Å². The van der Waals surface area contributed by atoms with E-state index in [4.69, 9.17) is 4.74 Å². The van der Waals surface area contributed by atoms with Gasteiger partial charge in [-0.2, -0.15) is 0 Å². The fourth-order valence-corrected chi connectivity index (χ4v) is 3.19. The lowest BCUT2D eigenvalue weighted by Crippen LogP contribution is -2.27. The summed E-state index contributed by atoms with van der Waals surface area (Å²) in [5.41, 5.74) is 2.80. The van der Waals surface area contributed by atoms with Gasteiger partial charge < -0.3 is 14.4 Å². The Bertz CT molecular complexity index is 640. The molecule has 2 aromatic rings. The van der Waals surface area contributed by atoms with Gasteiger partial charge in [0.1, 0.15) is 5.82 Å². The molecule has 3 atom stereocenters. The first kappa shape index (κ1) is 11.1. The van der Waals surface area contributed by atoms with Gasteiger partial charge >= 0.3 is 0 Å². The van der Waals surface area contributed by atoms with Gasteiger partial charge in [-0.3, -0.25) is 0 Å². The van der Waals surface area contributed by atoms with E-state index in [-0.39, 0.29) is 17.8 Å². The second-order valence-electron chi connectivity index (χ2n) is 5.13. The molecule has 3 heterocycles. The molecule has 0 amide bonds. The van der Waals surface area contributed by atoms with Crippen LogP contribution in [0.1, 0.15) is 11.6 Å². The van der Waals surface area contributed by atoms with Crippen molar-refractivity contribution in [3.63, 3.8) is 0 Å². The van der Waals surface area contributed by atoms with Gasteiger partial charge in [-0.05, 0) is 17.7 Å². The number of hydrogen-bond acceptors (Lipinski definition) is 3. The van der Waals surface area contributed by atoms with Crippen LogP contribution < -0.4 is 0 Å². The number of fused-ring (bicyclic) bond motifs is 3. The molecular formula is C14H13FN2O2. The SMILES string of the molecule is O[C@H]1COC[C@@H]1[C@H]1c2ccc(F)cc2-c2cncn21. The van der Waals surface area contributed by atoms with Crippen LogP contribution in [0.15, 0.2) is 30.7 Å². The Labute approximate surface area is 109 Å². The largest absolute Gasteiger partial charge is 0.390 e. The summed E-state index contributed by atoms with van der Waals surface area (Å²) in [7, 11) is 0. The molecule has 0 aliphatic carbocycles. The number of aromatic nitrogens is 2. The van der Waals surface area contributed by atoms with Crippen LogP contribution in [-0.2, 0) is 4.74 Å². The van der Waals surface area contributed by atoms with Gasteiger partial charge in [-0.25, -0.2) is 9.37 Å². The number of hydrogen-bond donors (Lipinski definition) is 1. The van der Waals surface area contributed by atoms with Gasteiger partial charge in [-0.15, -0.1) is 0 Å². The zero-order chi connectivity index (χ0) is 13.0. The molecule has 98 valence electrons. The first-order valence-corrected chi connectivity index (χ1v) is 6.33. The number of halogens is 1. The highest BCUT2D eigenvalue weighted by atomic mass is 19.1. The minimum Gasteiger partial charge on any atom is -0.390 e. The van der Waals surface area contributed by atoms with Crippen LogP contribution in [0, 0.1) is 11.7 Å². The topological polar surface area (TPSA) is 47.3 Å². The highest BCUT2D eigenvalue weighted by Gasteiger charge is 2.40. The average Bonchev–Trinajstić information content (AvgIpc) is 3.05. The minimum atomic E-state index is -0.490. The lowest BCUT2D eigenvalue weighted by atomic mass is 9.90. The second kappa shape index (κ2) is 3.88. The normalized spacial score (nSPS) is 28.4. The summed E-state index contributed by atoms with van der Waals surface area (Å²) in [6.45, 7) is 0.877. The highest BCUT2D eigenvalue weighted by molar-refractivity contribution is 5.69. The van der Waals surface area contributed by atoms with Crippen molar-refractivity contribution >= 4 is 0 Å². The van der Waals surface area contributed by atoms with Crippen molar-refractivity contribution in [1.29, 1.82) is 0 Å². The number of aliphatic hydroxyl groups excluding tert-OH is 1. The van der Waals surface area contributed by atoms with E-state index in [2.05, 4.69) is 4.98 Å². The third-order valence-electron chi connectivity index (χ3n) is 4.07. The predicted octanol–water partition coefficient (Wildman–Crippen LogP) is 1.60. The molecule has 1 aromatic carbocycles. The Morgan fingerprint density at radius 1 is 1.37 bits per heavy atom. The quantitative estimate of drug-likeness (QED) is 0.847. The lowest BCUT2D eigenvalue weighted by Gasteiger charge is -2.23. The summed E-state index contributed by atoms with van der Waals surface area (Å²) in [4.78, 5) is 4.14.